The van der Waals surface area contributed by atoms with Gasteiger partial charge in [0.05, 0.1) is 6.54 Å². The van der Waals surface area contributed by atoms with E-state index in [4.69, 9.17) is 16.6 Å². The van der Waals surface area contributed by atoms with Crippen molar-refractivity contribution in [1.82, 2.24) is 15.5 Å². The minimum atomic E-state index is -0.836. The zero-order valence-electron chi connectivity index (χ0n) is 12.8. The highest BCUT2D eigenvalue weighted by atomic mass is 35.5. The standard InChI is InChI=1S/C12H22N6O4.ClH/c1-18(9(20)5-7(13)3-2-4-19)8-6-15-12(16-10(8)21)17-11(14)22;/h7-8,19H,2-6,13H2,1H3,(H4,14,15,16,17,21,22);1H. The van der Waals surface area contributed by atoms with Crippen molar-refractivity contribution >= 4 is 36.2 Å². The molecule has 4 amide bonds. The zero-order valence-corrected chi connectivity index (χ0v) is 13.6. The molecule has 1 aliphatic heterocycles. The van der Waals surface area contributed by atoms with E-state index >= 15 is 0 Å². The maximum Gasteiger partial charge on any atom is 0.318 e. The number of nitrogens with zero attached hydrogens (tertiary/aromatic N) is 2. The van der Waals surface area contributed by atoms with Gasteiger partial charge in [-0.2, -0.15) is 0 Å². The number of aliphatic hydroxyl groups excluding tert-OH is 1. The summed E-state index contributed by atoms with van der Waals surface area (Å²) in [5.41, 5.74) is 10.7. The van der Waals surface area contributed by atoms with Crippen LogP contribution in [0.2, 0.25) is 0 Å². The number of guanidine groups is 1. The van der Waals surface area contributed by atoms with Crippen LogP contribution in [0.3, 0.4) is 0 Å². The van der Waals surface area contributed by atoms with Gasteiger partial charge in [-0.25, -0.2) is 9.79 Å². The topological polar surface area (TPSA) is 163 Å². The lowest BCUT2D eigenvalue weighted by molar-refractivity contribution is -0.138. The molecule has 11 heteroatoms. The Balaban J connectivity index is 0.00000484. The fraction of sp³-hybridized carbons (Fsp3) is 0.667. The minimum Gasteiger partial charge on any atom is -0.396 e. The van der Waals surface area contributed by atoms with Crippen LogP contribution in [0.5, 0.6) is 0 Å². The number of carbonyl (C=O) groups is 3. The van der Waals surface area contributed by atoms with Gasteiger partial charge in [-0.15, -0.1) is 12.4 Å². The lowest BCUT2D eigenvalue weighted by Gasteiger charge is -2.30. The molecule has 0 aromatic heterocycles. The van der Waals surface area contributed by atoms with Crippen molar-refractivity contribution in [2.24, 2.45) is 16.5 Å². The SMILES string of the molecule is CN(C(=O)CC(N)CCCO)C1CN=C(NC(N)=O)NC1=O.Cl. The van der Waals surface area contributed by atoms with Crippen molar-refractivity contribution in [3.63, 3.8) is 0 Å². The number of aliphatic imine (C=N–C) groups is 1. The third kappa shape index (κ3) is 6.80. The molecule has 0 aromatic rings. The normalized spacial score (nSPS) is 18.1. The van der Waals surface area contributed by atoms with Crippen LogP contribution in [0.1, 0.15) is 19.3 Å². The molecule has 0 fully saturated rings. The van der Waals surface area contributed by atoms with Gasteiger partial charge in [-0.1, -0.05) is 0 Å². The average molecular weight is 351 g/mol. The van der Waals surface area contributed by atoms with Gasteiger partial charge in [0.1, 0.15) is 6.04 Å². The molecule has 0 radical (unpaired) electrons. The van der Waals surface area contributed by atoms with Crippen molar-refractivity contribution < 1.29 is 19.5 Å². The lowest BCUT2D eigenvalue weighted by Crippen LogP contribution is -2.58. The quantitative estimate of drug-likeness (QED) is 0.369. The average Bonchev–Trinajstić information content (AvgIpc) is 2.43. The van der Waals surface area contributed by atoms with Crippen molar-refractivity contribution in [3.05, 3.63) is 0 Å². The monoisotopic (exact) mass is 350 g/mol. The van der Waals surface area contributed by atoms with E-state index in [1.807, 2.05) is 0 Å². The van der Waals surface area contributed by atoms with Crippen LogP contribution in [0.15, 0.2) is 4.99 Å². The number of amides is 4. The van der Waals surface area contributed by atoms with Crippen LogP contribution < -0.4 is 22.1 Å². The Morgan fingerprint density at radius 1 is 1.57 bits per heavy atom. The molecule has 0 aliphatic carbocycles. The van der Waals surface area contributed by atoms with Crippen molar-refractivity contribution in [1.29, 1.82) is 0 Å². The largest absolute Gasteiger partial charge is 0.396 e. The molecular weight excluding hydrogens is 328 g/mol. The number of aliphatic hydroxyl groups is 1. The van der Waals surface area contributed by atoms with E-state index < -0.39 is 18.0 Å². The second kappa shape index (κ2) is 9.98. The van der Waals surface area contributed by atoms with Crippen molar-refractivity contribution in [3.8, 4) is 0 Å². The first kappa shape index (κ1) is 21.1. The van der Waals surface area contributed by atoms with Crippen LogP contribution in [0.4, 0.5) is 4.79 Å². The smallest absolute Gasteiger partial charge is 0.318 e. The molecule has 1 aliphatic rings. The molecule has 0 saturated carbocycles. The first-order valence-corrected chi connectivity index (χ1v) is 6.89. The molecule has 10 nitrogen and oxygen atoms in total. The fourth-order valence-electron chi connectivity index (χ4n) is 1.98. The highest BCUT2D eigenvalue weighted by Gasteiger charge is 2.31. The maximum atomic E-state index is 12.1. The minimum absolute atomic E-state index is 0. The third-order valence-corrected chi connectivity index (χ3v) is 3.24. The van der Waals surface area contributed by atoms with Crippen LogP contribution in [0, 0.1) is 0 Å². The number of carbonyl (C=O) groups excluding carboxylic acids is 3. The molecule has 7 N–H and O–H groups in total. The van der Waals surface area contributed by atoms with Crippen LogP contribution in [-0.2, 0) is 9.59 Å². The van der Waals surface area contributed by atoms with E-state index in [1.165, 1.54) is 11.9 Å². The van der Waals surface area contributed by atoms with Gasteiger partial charge >= 0.3 is 6.03 Å². The highest BCUT2D eigenvalue weighted by molar-refractivity contribution is 6.07. The Morgan fingerprint density at radius 3 is 2.74 bits per heavy atom. The van der Waals surface area contributed by atoms with E-state index in [2.05, 4.69) is 15.6 Å². The van der Waals surface area contributed by atoms with E-state index in [0.29, 0.717) is 12.8 Å². The Hall–Kier alpha value is -1.91. The summed E-state index contributed by atoms with van der Waals surface area (Å²) in [6.45, 7) is 0.0443. The van der Waals surface area contributed by atoms with Gasteiger partial charge in [-0.05, 0) is 12.8 Å². The zero-order chi connectivity index (χ0) is 16.7. The van der Waals surface area contributed by atoms with E-state index in [-0.39, 0.29) is 49.9 Å². The summed E-state index contributed by atoms with van der Waals surface area (Å²) in [4.78, 5) is 39.9. The van der Waals surface area contributed by atoms with E-state index in [9.17, 15) is 14.4 Å². The second-order valence-corrected chi connectivity index (χ2v) is 5.02. The second-order valence-electron chi connectivity index (χ2n) is 5.02. The number of hydrogen-bond donors (Lipinski definition) is 5. The number of nitrogens with two attached hydrogens (primary N) is 2. The molecule has 132 valence electrons. The fourth-order valence-corrected chi connectivity index (χ4v) is 1.98. The molecule has 2 unspecified atom stereocenters. The van der Waals surface area contributed by atoms with Gasteiger partial charge in [0.2, 0.25) is 11.9 Å². The van der Waals surface area contributed by atoms with Crippen LogP contribution in [-0.4, -0.2) is 66.1 Å². The summed E-state index contributed by atoms with van der Waals surface area (Å²) in [5.74, 6) is -0.778. The molecule has 0 bridgehead atoms. The maximum absolute atomic E-state index is 12.1. The first-order valence-electron chi connectivity index (χ1n) is 6.89. The van der Waals surface area contributed by atoms with Crippen LogP contribution >= 0.6 is 12.4 Å². The number of primary amides is 1. The van der Waals surface area contributed by atoms with Gasteiger partial charge in [0, 0.05) is 26.1 Å². The molecule has 1 rings (SSSR count). The van der Waals surface area contributed by atoms with E-state index in [1.54, 1.807) is 0 Å². The van der Waals surface area contributed by atoms with Crippen molar-refractivity contribution in [2.45, 2.75) is 31.3 Å². The summed E-state index contributed by atoms with van der Waals surface area (Å²) in [5, 5.41) is 13.3. The molecular formula is C12H23ClN6O4. The molecule has 1 heterocycles. The Bertz CT molecular complexity index is 472. The first-order chi connectivity index (χ1) is 10.3. The van der Waals surface area contributed by atoms with E-state index in [0.717, 1.165) is 0 Å². The van der Waals surface area contributed by atoms with Gasteiger partial charge in [0.25, 0.3) is 5.91 Å². The predicted octanol–water partition coefficient (Wildman–Crippen LogP) is -2.12. The van der Waals surface area contributed by atoms with Gasteiger partial charge in [-0.3, -0.25) is 20.2 Å². The highest BCUT2D eigenvalue weighted by Crippen LogP contribution is 2.07. The summed E-state index contributed by atoms with van der Waals surface area (Å²) in [6, 6.07) is -1.97. The number of urea groups is 1. The number of halogens is 1. The summed E-state index contributed by atoms with van der Waals surface area (Å²) in [6.07, 6.45) is 1.13. The molecule has 0 spiro atoms. The van der Waals surface area contributed by atoms with Gasteiger partial charge < -0.3 is 21.5 Å². The summed E-state index contributed by atoms with van der Waals surface area (Å²) < 4.78 is 0. The lowest BCUT2D eigenvalue weighted by atomic mass is 10.1. The number of nitrogens with one attached hydrogen (secondary N) is 2. The molecule has 0 aromatic carbocycles. The molecule has 23 heavy (non-hydrogen) atoms. The summed E-state index contributed by atoms with van der Waals surface area (Å²) in [7, 11) is 1.49. The van der Waals surface area contributed by atoms with Crippen molar-refractivity contribution in [2.75, 3.05) is 20.2 Å². The Labute approximate surface area is 140 Å². The van der Waals surface area contributed by atoms with Gasteiger partial charge in [0.15, 0.2) is 0 Å². The Kier molecular flexibility index (Phi) is 9.15. The molecule has 0 saturated heterocycles. The summed E-state index contributed by atoms with van der Waals surface area (Å²) >= 11 is 0. The van der Waals surface area contributed by atoms with Crippen LogP contribution in [0.25, 0.3) is 0 Å². The number of hydrogen-bond acceptors (Lipinski definition) is 6. The molecule has 2 atom stereocenters. The third-order valence-electron chi connectivity index (χ3n) is 3.24. The number of likely N-dealkylation sites (N-methyl/N-ethyl adjacent to an activating group) is 1. The Morgan fingerprint density at radius 2 is 2.22 bits per heavy atom. The predicted molar refractivity (Wildman–Crippen MR) is 85.9 cm³/mol. The number of rotatable bonds is 6.